The molecule has 0 bridgehead atoms. The van der Waals surface area contributed by atoms with E-state index in [9.17, 15) is 4.39 Å². The number of nitrogens with zero attached hydrogens (tertiary/aromatic N) is 1. The van der Waals surface area contributed by atoms with Crippen molar-refractivity contribution in [3.8, 4) is 11.8 Å². The van der Waals surface area contributed by atoms with E-state index in [2.05, 4.69) is 27.3 Å². The molecule has 0 amide bonds. The summed E-state index contributed by atoms with van der Waals surface area (Å²) in [6, 6.07) is 11.9. The minimum Gasteiger partial charge on any atom is -0.494 e. The third kappa shape index (κ3) is 2.85. The van der Waals surface area contributed by atoms with Gasteiger partial charge in [0.2, 0.25) is 0 Å². The lowest BCUT2D eigenvalue weighted by atomic mass is 10.2. The van der Waals surface area contributed by atoms with Crippen LogP contribution < -0.4 is 10.1 Å². The summed E-state index contributed by atoms with van der Waals surface area (Å²) in [5.74, 6) is -0.277. The minimum absolute atomic E-state index is 0.151. The topological polar surface area (TPSA) is 45.0 Å². The maximum absolute atomic E-state index is 13.3. The molecule has 2 aromatic rings. The Hall–Kier alpha value is -2.06. The number of benzene rings is 2. The van der Waals surface area contributed by atoms with Gasteiger partial charge in [0, 0.05) is 16.2 Å². The zero-order chi connectivity index (χ0) is 13.8. The number of nitriles is 1. The number of halogens is 2. The van der Waals surface area contributed by atoms with Crippen molar-refractivity contribution in [1.29, 1.82) is 5.26 Å². The van der Waals surface area contributed by atoms with Crippen LogP contribution in [0.5, 0.6) is 5.75 Å². The lowest BCUT2D eigenvalue weighted by Crippen LogP contribution is -1.96. The second-order valence-electron chi connectivity index (χ2n) is 3.75. The third-order valence-electron chi connectivity index (χ3n) is 2.56. The van der Waals surface area contributed by atoms with Crippen LogP contribution in [0, 0.1) is 17.1 Å². The first kappa shape index (κ1) is 13.4. The summed E-state index contributed by atoms with van der Waals surface area (Å²) in [5, 5.41) is 12.2. The summed E-state index contributed by atoms with van der Waals surface area (Å²) < 4.78 is 18.9. The number of hydrogen-bond donors (Lipinski definition) is 1. The summed E-state index contributed by atoms with van der Waals surface area (Å²) >= 11 is 3.31. The molecule has 0 aromatic heterocycles. The van der Waals surface area contributed by atoms with Crippen LogP contribution in [-0.2, 0) is 0 Å². The predicted octanol–water partition coefficient (Wildman–Crippen LogP) is 4.21. The summed E-state index contributed by atoms with van der Waals surface area (Å²) in [6.07, 6.45) is 0. The largest absolute Gasteiger partial charge is 0.494 e. The average Bonchev–Trinajstić information content (AvgIpc) is 2.41. The van der Waals surface area contributed by atoms with Crippen molar-refractivity contribution < 1.29 is 9.13 Å². The molecule has 0 atom stereocenters. The molecule has 0 aliphatic heterocycles. The average molecular weight is 321 g/mol. The van der Waals surface area contributed by atoms with Crippen LogP contribution in [0.1, 0.15) is 5.56 Å². The van der Waals surface area contributed by atoms with Crippen LogP contribution in [0.15, 0.2) is 40.9 Å². The lowest BCUT2D eigenvalue weighted by molar-refractivity contribution is 0.387. The van der Waals surface area contributed by atoms with Crippen LogP contribution in [0.2, 0.25) is 0 Å². The maximum Gasteiger partial charge on any atom is 0.165 e. The number of rotatable bonds is 3. The summed E-state index contributed by atoms with van der Waals surface area (Å²) in [4.78, 5) is 0. The zero-order valence-electron chi connectivity index (χ0n) is 10.1. The van der Waals surface area contributed by atoms with Gasteiger partial charge < -0.3 is 10.1 Å². The summed E-state index contributed by atoms with van der Waals surface area (Å²) in [6.45, 7) is 0. The molecule has 3 nitrogen and oxygen atoms in total. The fraction of sp³-hybridized carbons (Fsp3) is 0.0714. The molecule has 0 saturated heterocycles. The first-order valence-electron chi connectivity index (χ1n) is 5.45. The molecule has 96 valence electrons. The molecule has 5 heteroatoms. The highest BCUT2D eigenvalue weighted by molar-refractivity contribution is 9.10. The van der Waals surface area contributed by atoms with Crippen molar-refractivity contribution in [2.24, 2.45) is 0 Å². The van der Waals surface area contributed by atoms with Crippen molar-refractivity contribution in [2.75, 3.05) is 12.4 Å². The normalized spacial score (nSPS) is 9.79. The number of ether oxygens (including phenoxy) is 1. The van der Waals surface area contributed by atoms with Crippen molar-refractivity contribution in [1.82, 2.24) is 0 Å². The molecule has 0 radical (unpaired) electrons. The van der Waals surface area contributed by atoms with Gasteiger partial charge in [0.15, 0.2) is 11.6 Å². The second-order valence-corrected chi connectivity index (χ2v) is 4.60. The molecule has 0 fully saturated rings. The summed E-state index contributed by atoms with van der Waals surface area (Å²) in [5.41, 5.74) is 1.78. The van der Waals surface area contributed by atoms with E-state index in [1.54, 1.807) is 18.2 Å². The van der Waals surface area contributed by atoms with Gasteiger partial charge in [-0.3, -0.25) is 0 Å². The Labute approximate surface area is 118 Å². The quantitative estimate of drug-likeness (QED) is 0.921. The lowest BCUT2D eigenvalue weighted by Gasteiger charge is -2.10. The molecule has 1 N–H and O–H groups in total. The van der Waals surface area contributed by atoms with Gasteiger partial charge in [-0.05, 0) is 40.2 Å². The first-order chi connectivity index (χ1) is 9.15. The molecule has 2 aromatic carbocycles. The van der Waals surface area contributed by atoms with E-state index in [0.29, 0.717) is 21.4 Å². The standard InChI is InChI=1S/C14H10BrFN2O/c1-19-14-7-9(5-6-12(14)16)18-13-4-2-3-11(15)10(13)8-17/h2-7,18H,1H3. The Balaban J connectivity index is 2.37. The van der Waals surface area contributed by atoms with E-state index in [-0.39, 0.29) is 5.75 Å². The van der Waals surface area contributed by atoms with Crippen molar-refractivity contribution in [3.05, 3.63) is 52.3 Å². The Morgan fingerprint density at radius 2 is 2.11 bits per heavy atom. The van der Waals surface area contributed by atoms with Gasteiger partial charge >= 0.3 is 0 Å². The van der Waals surface area contributed by atoms with Crippen LogP contribution in [-0.4, -0.2) is 7.11 Å². The Bertz CT molecular complexity index is 652. The van der Waals surface area contributed by atoms with Crippen LogP contribution in [0.25, 0.3) is 0 Å². The monoisotopic (exact) mass is 320 g/mol. The Morgan fingerprint density at radius 3 is 2.79 bits per heavy atom. The van der Waals surface area contributed by atoms with E-state index in [4.69, 9.17) is 10.00 Å². The molecular weight excluding hydrogens is 311 g/mol. The Kier molecular flexibility index (Phi) is 4.03. The van der Waals surface area contributed by atoms with E-state index < -0.39 is 5.82 Å². The SMILES string of the molecule is COc1cc(Nc2cccc(Br)c2C#N)ccc1F. The van der Waals surface area contributed by atoms with E-state index in [1.807, 2.05) is 6.07 Å². The fourth-order valence-electron chi connectivity index (χ4n) is 1.63. The van der Waals surface area contributed by atoms with Crippen LogP contribution >= 0.6 is 15.9 Å². The van der Waals surface area contributed by atoms with Gasteiger partial charge in [-0.15, -0.1) is 0 Å². The highest BCUT2D eigenvalue weighted by Crippen LogP contribution is 2.29. The van der Waals surface area contributed by atoms with E-state index >= 15 is 0 Å². The molecule has 2 rings (SSSR count). The highest BCUT2D eigenvalue weighted by atomic mass is 79.9. The minimum atomic E-state index is -0.428. The van der Waals surface area contributed by atoms with Gasteiger partial charge in [-0.1, -0.05) is 6.07 Å². The van der Waals surface area contributed by atoms with Gasteiger partial charge in [0.25, 0.3) is 0 Å². The van der Waals surface area contributed by atoms with Crippen molar-refractivity contribution in [3.63, 3.8) is 0 Å². The van der Waals surface area contributed by atoms with E-state index in [0.717, 1.165) is 0 Å². The highest BCUT2D eigenvalue weighted by Gasteiger charge is 2.08. The number of nitrogens with one attached hydrogen (secondary N) is 1. The molecule has 0 aliphatic carbocycles. The number of hydrogen-bond acceptors (Lipinski definition) is 3. The Morgan fingerprint density at radius 1 is 1.32 bits per heavy atom. The van der Waals surface area contributed by atoms with Crippen molar-refractivity contribution in [2.45, 2.75) is 0 Å². The molecule has 0 aliphatic rings. The molecule has 0 heterocycles. The number of anilines is 2. The molecule has 0 unspecified atom stereocenters. The second kappa shape index (κ2) is 5.72. The van der Waals surface area contributed by atoms with Gasteiger partial charge in [0.1, 0.15) is 6.07 Å². The molecule has 0 spiro atoms. The van der Waals surface area contributed by atoms with Gasteiger partial charge in [0.05, 0.1) is 18.4 Å². The van der Waals surface area contributed by atoms with Crippen LogP contribution in [0.3, 0.4) is 0 Å². The van der Waals surface area contributed by atoms with Crippen molar-refractivity contribution >= 4 is 27.3 Å². The first-order valence-corrected chi connectivity index (χ1v) is 6.24. The van der Waals surface area contributed by atoms with E-state index in [1.165, 1.54) is 19.2 Å². The predicted molar refractivity (Wildman–Crippen MR) is 75.1 cm³/mol. The zero-order valence-corrected chi connectivity index (χ0v) is 11.7. The molecule has 19 heavy (non-hydrogen) atoms. The number of methoxy groups -OCH3 is 1. The maximum atomic E-state index is 13.3. The smallest absolute Gasteiger partial charge is 0.165 e. The molecular formula is C14H10BrFN2O. The van der Waals surface area contributed by atoms with Gasteiger partial charge in [-0.25, -0.2) is 4.39 Å². The third-order valence-corrected chi connectivity index (χ3v) is 3.22. The van der Waals surface area contributed by atoms with Gasteiger partial charge in [-0.2, -0.15) is 5.26 Å². The summed E-state index contributed by atoms with van der Waals surface area (Å²) in [7, 11) is 1.40. The van der Waals surface area contributed by atoms with Crippen LogP contribution in [0.4, 0.5) is 15.8 Å². The fourth-order valence-corrected chi connectivity index (χ4v) is 2.09. The molecule has 0 saturated carbocycles.